The van der Waals surface area contributed by atoms with Gasteiger partial charge in [-0.1, -0.05) is 44.2 Å². The summed E-state index contributed by atoms with van der Waals surface area (Å²) in [5.41, 5.74) is 7.55. The zero-order valence-electron chi connectivity index (χ0n) is 11.4. The van der Waals surface area contributed by atoms with Crippen LogP contribution in [0.2, 0.25) is 0 Å². The van der Waals surface area contributed by atoms with E-state index in [-0.39, 0.29) is 6.04 Å². The van der Waals surface area contributed by atoms with Gasteiger partial charge in [-0.3, -0.25) is 0 Å². The molecule has 1 unspecified atom stereocenters. The summed E-state index contributed by atoms with van der Waals surface area (Å²) in [6.45, 7) is 2.72. The summed E-state index contributed by atoms with van der Waals surface area (Å²) >= 11 is 0. The van der Waals surface area contributed by atoms with Crippen LogP contribution in [0.4, 0.5) is 0 Å². The maximum Gasteiger partial charge on any atom is 0.119 e. The number of rotatable bonds is 5. The minimum Gasteiger partial charge on any atom is -0.494 e. The molecule has 1 aromatic carbocycles. The highest BCUT2D eigenvalue weighted by molar-refractivity contribution is 5.29. The van der Waals surface area contributed by atoms with Gasteiger partial charge in [-0.25, -0.2) is 0 Å². The van der Waals surface area contributed by atoms with E-state index in [2.05, 4.69) is 12.1 Å². The van der Waals surface area contributed by atoms with Crippen LogP contribution in [0.5, 0.6) is 5.75 Å². The van der Waals surface area contributed by atoms with Crippen LogP contribution in [0, 0.1) is 5.92 Å². The largest absolute Gasteiger partial charge is 0.494 e. The monoisotopic (exact) mass is 247 g/mol. The van der Waals surface area contributed by atoms with Crippen LogP contribution in [0.15, 0.2) is 24.3 Å². The highest BCUT2D eigenvalue weighted by Gasteiger charge is 2.17. The van der Waals surface area contributed by atoms with E-state index in [1.54, 1.807) is 0 Å². The molecular formula is C16H25NO. The fourth-order valence-electron chi connectivity index (χ4n) is 2.90. The molecule has 100 valence electrons. The van der Waals surface area contributed by atoms with Crippen molar-refractivity contribution in [3.63, 3.8) is 0 Å². The number of hydrogen-bond acceptors (Lipinski definition) is 2. The molecule has 1 atom stereocenters. The Morgan fingerprint density at radius 1 is 1.17 bits per heavy atom. The normalized spacial score (nSPS) is 18.6. The van der Waals surface area contributed by atoms with E-state index in [1.807, 2.05) is 19.1 Å². The summed E-state index contributed by atoms with van der Waals surface area (Å²) in [7, 11) is 0. The third kappa shape index (κ3) is 3.74. The lowest BCUT2D eigenvalue weighted by atomic mass is 9.83. The van der Waals surface area contributed by atoms with Crippen molar-refractivity contribution in [3.05, 3.63) is 29.8 Å². The molecule has 2 rings (SSSR count). The predicted molar refractivity (Wildman–Crippen MR) is 75.7 cm³/mol. The van der Waals surface area contributed by atoms with Crippen LogP contribution in [0.1, 0.15) is 57.1 Å². The number of ether oxygens (including phenoxy) is 1. The van der Waals surface area contributed by atoms with Gasteiger partial charge in [0.15, 0.2) is 0 Å². The van der Waals surface area contributed by atoms with Crippen LogP contribution < -0.4 is 10.5 Å². The van der Waals surface area contributed by atoms with E-state index in [0.717, 1.165) is 18.1 Å². The summed E-state index contributed by atoms with van der Waals surface area (Å²) in [5, 5.41) is 0. The molecule has 2 heteroatoms. The SMILES string of the molecule is CCOc1ccc(C(N)CC2CCCCC2)cc1. The van der Waals surface area contributed by atoms with Gasteiger partial charge < -0.3 is 10.5 Å². The second-order valence-electron chi connectivity index (χ2n) is 5.35. The van der Waals surface area contributed by atoms with Gasteiger partial charge in [0, 0.05) is 6.04 Å². The Morgan fingerprint density at radius 2 is 1.83 bits per heavy atom. The molecule has 1 aliphatic carbocycles. The fraction of sp³-hybridized carbons (Fsp3) is 0.625. The first kappa shape index (κ1) is 13.4. The van der Waals surface area contributed by atoms with Crippen molar-refractivity contribution in [2.75, 3.05) is 6.61 Å². The fourth-order valence-corrected chi connectivity index (χ4v) is 2.90. The van der Waals surface area contributed by atoms with E-state index in [9.17, 15) is 0 Å². The van der Waals surface area contributed by atoms with Crippen molar-refractivity contribution in [2.45, 2.75) is 51.5 Å². The topological polar surface area (TPSA) is 35.2 Å². The molecule has 0 radical (unpaired) electrons. The van der Waals surface area contributed by atoms with Crippen LogP contribution in [0.3, 0.4) is 0 Å². The molecule has 0 bridgehead atoms. The standard InChI is InChI=1S/C16H25NO/c1-2-18-15-10-8-14(9-11-15)16(17)12-13-6-4-3-5-7-13/h8-11,13,16H,2-7,12,17H2,1H3. The summed E-state index contributed by atoms with van der Waals surface area (Å²) < 4.78 is 5.45. The minimum atomic E-state index is 0.184. The van der Waals surface area contributed by atoms with E-state index < -0.39 is 0 Å². The summed E-state index contributed by atoms with van der Waals surface area (Å²) in [5.74, 6) is 1.77. The maximum atomic E-state index is 6.31. The first-order chi connectivity index (χ1) is 8.79. The Balaban J connectivity index is 1.89. The van der Waals surface area contributed by atoms with Gasteiger partial charge in [0.05, 0.1) is 6.61 Å². The molecule has 1 aromatic rings. The first-order valence-electron chi connectivity index (χ1n) is 7.28. The van der Waals surface area contributed by atoms with Crippen molar-refractivity contribution in [1.82, 2.24) is 0 Å². The van der Waals surface area contributed by atoms with Gasteiger partial charge >= 0.3 is 0 Å². The molecule has 1 aliphatic rings. The van der Waals surface area contributed by atoms with Crippen LogP contribution in [-0.4, -0.2) is 6.61 Å². The molecule has 1 fully saturated rings. The van der Waals surface area contributed by atoms with Gasteiger partial charge in [0.2, 0.25) is 0 Å². The molecule has 2 N–H and O–H groups in total. The molecule has 0 spiro atoms. The third-order valence-electron chi connectivity index (χ3n) is 3.93. The zero-order chi connectivity index (χ0) is 12.8. The zero-order valence-corrected chi connectivity index (χ0v) is 11.4. The lowest BCUT2D eigenvalue weighted by Crippen LogP contribution is -2.17. The van der Waals surface area contributed by atoms with Crippen molar-refractivity contribution >= 4 is 0 Å². The van der Waals surface area contributed by atoms with E-state index in [4.69, 9.17) is 10.5 Å². The molecule has 0 aromatic heterocycles. The van der Waals surface area contributed by atoms with Crippen molar-refractivity contribution in [1.29, 1.82) is 0 Å². The average molecular weight is 247 g/mol. The molecule has 18 heavy (non-hydrogen) atoms. The lowest BCUT2D eigenvalue weighted by Gasteiger charge is -2.24. The molecule has 0 saturated heterocycles. The van der Waals surface area contributed by atoms with Gasteiger partial charge in [-0.2, -0.15) is 0 Å². The van der Waals surface area contributed by atoms with Crippen LogP contribution in [0.25, 0.3) is 0 Å². The van der Waals surface area contributed by atoms with Gasteiger partial charge in [-0.15, -0.1) is 0 Å². The number of nitrogens with two attached hydrogens (primary N) is 1. The Morgan fingerprint density at radius 3 is 2.44 bits per heavy atom. The summed E-state index contributed by atoms with van der Waals surface area (Å²) in [6.07, 6.45) is 8.06. The van der Waals surface area contributed by atoms with E-state index in [1.165, 1.54) is 37.7 Å². The Hall–Kier alpha value is -1.02. The van der Waals surface area contributed by atoms with E-state index in [0.29, 0.717) is 6.61 Å². The molecular weight excluding hydrogens is 222 g/mol. The highest BCUT2D eigenvalue weighted by Crippen LogP contribution is 2.31. The number of hydrogen-bond donors (Lipinski definition) is 1. The molecule has 0 amide bonds. The maximum absolute atomic E-state index is 6.31. The van der Waals surface area contributed by atoms with Gasteiger partial charge in [-0.05, 0) is 37.0 Å². The van der Waals surface area contributed by atoms with Crippen molar-refractivity contribution in [3.8, 4) is 5.75 Å². The summed E-state index contributed by atoms with van der Waals surface area (Å²) in [6, 6.07) is 8.46. The van der Waals surface area contributed by atoms with Crippen molar-refractivity contribution in [2.24, 2.45) is 11.7 Å². The molecule has 1 saturated carbocycles. The summed E-state index contributed by atoms with van der Waals surface area (Å²) in [4.78, 5) is 0. The third-order valence-corrected chi connectivity index (χ3v) is 3.93. The second-order valence-corrected chi connectivity index (χ2v) is 5.35. The Labute approximate surface area is 111 Å². The number of benzene rings is 1. The van der Waals surface area contributed by atoms with E-state index >= 15 is 0 Å². The Bertz CT molecular complexity index is 341. The second kappa shape index (κ2) is 6.79. The van der Waals surface area contributed by atoms with Gasteiger partial charge in [0.25, 0.3) is 0 Å². The van der Waals surface area contributed by atoms with Gasteiger partial charge in [0.1, 0.15) is 5.75 Å². The highest BCUT2D eigenvalue weighted by atomic mass is 16.5. The minimum absolute atomic E-state index is 0.184. The molecule has 0 aliphatic heterocycles. The lowest BCUT2D eigenvalue weighted by molar-refractivity contribution is 0.319. The molecule has 0 heterocycles. The first-order valence-corrected chi connectivity index (χ1v) is 7.28. The van der Waals surface area contributed by atoms with Crippen LogP contribution >= 0.6 is 0 Å². The van der Waals surface area contributed by atoms with Crippen LogP contribution in [-0.2, 0) is 0 Å². The average Bonchev–Trinajstić information content (AvgIpc) is 2.41. The smallest absolute Gasteiger partial charge is 0.119 e. The quantitative estimate of drug-likeness (QED) is 0.851. The predicted octanol–water partition coefficient (Wildman–Crippen LogP) is 4.06. The Kier molecular flexibility index (Phi) is 5.06. The van der Waals surface area contributed by atoms with Crippen molar-refractivity contribution < 1.29 is 4.74 Å². The molecule has 2 nitrogen and oxygen atoms in total.